The lowest BCUT2D eigenvalue weighted by Gasteiger charge is -2.08. The smallest absolute Gasteiger partial charge is 0.162 e. The molecule has 0 aliphatic heterocycles. The molecular weight excluding hydrogens is 200 g/mol. The van der Waals surface area contributed by atoms with Crippen molar-refractivity contribution in [3.8, 4) is 0 Å². The summed E-state index contributed by atoms with van der Waals surface area (Å²) in [6, 6.07) is 0. The average Bonchev–Trinajstić information content (AvgIpc) is 2.62. The number of Topliss-reactive ketones (excluding diaryl/α,β-unsaturated/α-hetero) is 1. The van der Waals surface area contributed by atoms with E-state index in [2.05, 4.69) is 13.8 Å². The van der Waals surface area contributed by atoms with Crippen molar-refractivity contribution in [3.63, 3.8) is 0 Å². The first-order valence-electron chi connectivity index (χ1n) is 6.67. The lowest BCUT2D eigenvalue weighted by molar-refractivity contribution is -0.115. The number of hydrogen-bond acceptors (Lipinski definition) is 2. The topological polar surface area (TPSA) is 26.3 Å². The molecule has 2 heteroatoms. The molecule has 0 aromatic heterocycles. The van der Waals surface area contributed by atoms with Crippen LogP contribution >= 0.6 is 0 Å². The molecule has 0 unspecified atom stereocenters. The Morgan fingerprint density at radius 2 is 1.81 bits per heavy atom. The fraction of sp³-hybridized carbons (Fsp3) is 0.786. The van der Waals surface area contributed by atoms with Gasteiger partial charge in [0.2, 0.25) is 0 Å². The molecule has 0 N–H and O–H groups in total. The third-order valence-electron chi connectivity index (χ3n) is 3.06. The van der Waals surface area contributed by atoms with Gasteiger partial charge in [-0.15, -0.1) is 0 Å². The number of carbonyl (C=O) groups excluding carboxylic acids is 1. The van der Waals surface area contributed by atoms with Crippen LogP contribution in [0.1, 0.15) is 65.2 Å². The van der Waals surface area contributed by atoms with E-state index in [1.165, 1.54) is 12.8 Å². The van der Waals surface area contributed by atoms with Gasteiger partial charge in [-0.1, -0.05) is 33.1 Å². The van der Waals surface area contributed by atoms with Crippen molar-refractivity contribution in [3.05, 3.63) is 11.3 Å². The van der Waals surface area contributed by atoms with Gasteiger partial charge >= 0.3 is 0 Å². The van der Waals surface area contributed by atoms with Gasteiger partial charge in [0, 0.05) is 18.4 Å². The van der Waals surface area contributed by atoms with Crippen molar-refractivity contribution in [1.29, 1.82) is 0 Å². The third kappa shape index (κ3) is 3.99. The summed E-state index contributed by atoms with van der Waals surface area (Å²) in [6.07, 6.45) is 8.19. The summed E-state index contributed by atoms with van der Waals surface area (Å²) < 4.78 is 5.72. The first-order chi connectivity index (χ1) is 7.79. The standard InChI is InChI=1S/C14H24O2/c1-3-5-7-8-12-13(15)9-10-14(12)16-11-6-4-2/h3-11H2,1-2H3. The predicted molar refractivity (Wildman–Crippen MR) is 66.3 cm³/mol. The zero-order chi connectivity index (χ0) is 11.8. The summed E-state index contributed by atoms with van der Waals surface area (Å²) in [5, 5.41) is 0. The fourth-order valence-corrected chi connectivity index (χ4v) is 2.01. The maximum atomic E-state index is 11.7. The Morgan fingerprint density at radius 3 is 2.50 bits per heavy atom. The molecule has 1 aliphatic carbocycles. The maximum Gasteiger partial charge on any atom is 0.162 e. The largest absolute Gasteiger partial charge is 0.498 e. The van der Waals surface area contributed by atoms with E-state index in [1.807, 2.05) is 0 Å². The van der Waals surface area contributed by atoms with E-state index in [0.29, 0.717) is 12.2 Å². The van der Waals surface area contributed by atoms with E-state index in [1.54, 1.807) is 0 Å². The highest BCUT2D eigenvalue weighted by Crippen LogP contribution is 2.28. The number of hydrogen-bond donors (Lipinski definition) is 0. The quantitative estimate of drug-likeness (QED) is 0.582. The van der Waals surface area contributed by atoms with Gasteiger partial charge in [-0.05, 0) is 19.3 Å². The lowest BCUT2D eigenvalue weighted by atomic mass is 10.1. The van der Waals surface area contributed by atoms with E-state index in [-0.39, 0.29) is 0 Å². The Hall–Kier alpha value is -0.790. The minimum Gasteiger partial charge on any atom is -0.498 e. The minimum absolute atomic E-state index is 0.322. The Bertz CT molecular complexity index is 253. The number of allylic oxidation sites excluding steroid dienone is 2. The molecule has 0 aromatic rings. The molecule has 1 aliphatic rings. The fourth-order valence-electron chi connectivity index (χ4n) is 2.01. The van der Waals surface area contributed by atoms with Crippen molar-refractivity contribution in [1.82, 2.24) is 0 Å². The second-order valence-corrected chi connectivity index (χ2v) is 4.48. The lowest BCUT2D eigenvalue weighted by Crippen LogP contribution is -1.99. The van der Waals surface area contributed by atoms with E-state index in [9.17, 15) is 4.79 Å². The first kappa shape index (κ1) is 13.3. The van der Waals surface area contributed by atoms with Crippen LogP contribution < -0.4 is 0 Å². The molecule has 0 spiro atoms. The van der Waals surface area contributed by atoms with E-state index >= 15 is 0 Å². The van der Waals surface area contributed by atoms with Crippen LogP contribution in [0.2, 0.25) is 0 Å². The number of ether oxygens (including phenoxy) is 1. The van der Waals surface area contributed by atoms with Crippen LogP contribution in [0.25, 0.3) is 0 Å². The summed E-state index contributed by atoms with van der Waals surface area (Å²) in [7, 11) is 0. The van der Waals surface area contributed by atoms with Gasteiger partial charge < -0.3 is 4.74 Å². The van der Waals surface area contributed by atoms with E-state index in [0.717, 1.165) is 50.0 Å². The van der Waals surface area contributed by atoms with Crippen LogP contribution in [0.4, 0.5) is 0 Å². The zero-order valence-corrected chi connectivity index (χ0v) is 10.7. The molecule has 1 rings (SSSR count). The second-order valence-electron chi connectivity index (χ2n) is 4.48. The maximum absolute atomic E-state index is 11.7. The summed E-state index contributed by atoms with van der Waals surface area (Å²) in [4.78, 5) is 11.7. The Labute approximate surface area is 99.1 Å². The van der Waals surface area contributed by atoms with Gasteiger partial charge in [-0.3, -0.25) is 4.79 Å². The number of unbranched alkanes of at least 4 members (excludes halogenated alkanes) is 3. The highest BCUT2D eigenvalue weighted by molar-refractivity contribution is 5.98. The number of ketones is 1. The van der Waals surface area contributed by atoms with Gasteiger partial charge in [-0.25, -0.2) is 0 Å². The Balaban J connectivity index is 2.43. The molecule has 0 saturated carbocycles. The molecule has 0 atom stereocenters. The van der Waals surface area contributed by atoms with Crippen LogP contribution in [0, 0.1) is 0 Å². The number of carbonyl (C=O) groups is 1. The second kappa shape index (κ2) is 7.48. The van der Waals surface area contributed by atoms with Gasteiger partial charge in [0.25, 0.3) is 0 Å². The summed E-state index contributed by atoms with van der Waals surface area (Å²) in [6.45, 7) is 5.11. The van der Waals surface area contributed by atoms with Crippen LogP contribution in [-0.4, -0.2) is 12.4 Å². The summed E-state index contributed by atoms with van der Waals surface area (Å²) in [5.41, 5.74) is 0.990. The molecule has 0 saturated heterocycles. The SMILES string of the molecule is CCCCCC1=C(OCCCC)CCC1=O. The minimum atomic E-state index is 0.322. The molecule has 16 heavy (non-hydrogen) atoms. The Kier molecular flexibility index (Phi) is 6.20. The third-order valence-corrected chi connectivity index (χ3v) is 3.06. The van der Waals surface area contributed by atoms with Gasteiger partial charge in [-0.2, -0.15) is 0 Å². The summed E-state index contributed by atoms with van der Waals surface area (Å²) >= 11 is 0. The van der Waals surface area contributed by atoms with Crippen molar-refractivity contribution >= 4 is 5.78 Å². The van der Waals surface area contributed by atoms with Gasteiger partial charge in [0.05, 0.1) is 6.61 Å². The molecule has 0 heterocycles. The van der Waals surface area contributed by atoms with Crippen molar-refractivity contribution in [2.24, 2.45) is 0 Å². The molecular formula is C14H24O2. The molecule has 2 nitrogen and oxygen atoms in total. The van der Waals surface area contributed by atoms with Crippen LogP contribution in [-0.2, 0) is 9.53 Å². The zero-order valence-electron chi connectivity index (χ0n) is 10.7. The van der Waals surface area contributed by atoms with Gasteiger partial charge in [0.15, 0.2) is 5.78 Å². The van der Waals surface area contributed by atoms with E-state index in [4.69, 9.17) is 4.74 Å². The molecule has 92 valence electrons. The summed E-state index contributed by atoms with van der Waals surface area (Å²) in [5.74, 6) is 1.32. The number of rotatable bonds is 8. The predicted octanol–water partition coefficient (Wildman–Crippen LogP) is 4.00. The monoisotopic (exact) mass is 224 g/mol. The average molecular weight is 224 g/mol. The molecule has 0 bridgehead atoms. The molecule has 0 amide bonds. The Morgan fingerprint density at radius 1 is 1.06 bits per heavy atom. The van der Waals surface area contributed by atoms with Crippen LogP contribution in [0.5, 0.6) is 0 Å². The molecule has 0 radical (unpaired) electrons. The van der Waals surface area contributed by atoms with Crippen LogP contribution in [0.15, 0.2) is 11.3 Å². The highest BCUT2D eigenvalue weighted by Gasteiger charge is 2.23. The van der Waals surface area contributed by atoms with Crippen molar-refractivity contribution in [2.45, 2.75) is 65.2 Å². The molecule has 0 fully saturated rings. The highest BCUT2D eigenvalue weighted by atomic mass is 16.5. The van der Waals surface area contributed by atoms with Gasteiger partial charge in [0.1, 0.15) is 5.76 Å². The molecule has 0 aromatic carbocycles. The van der Waals surface area contributed by atoms with E-state index < -0.39 is 0 Å². The van der Waals surface area contributed by atoms with Crippen molar-refractivity contribution in [2.75, 3.05) is 6.61 Å². The van der Waals surface area contributed by atoms with Crippen molar-refractivity contribution < 1.29 is 9.53 Å². The normalized spacial score (nSPS) is 16.0. The first-order valence-corrected chi connectivity index (χ1v) is 6.67. The van der Waals surface area contributed by atoms with Crippen LogP contribution in [0.3, 0.4) is 0 Å².